The lowest BCUT2D eigenvalue weighted by Gasteiger charge is -2.07. The SMILES string of the molecule is Cc1ccc(CNc2ccc([N+](=O)[O-])c(I)c2)cc1. The van der Waals surface area contributed by atoms with Gasteiger partial charge in [-0.3, -0.25) is 10.1 Å². The average molecular weight is 368 g/mol. The molecule has 0 unspecified atom stereocenters. The van der Waals surface area contributed by atoms with Gasteiger partial charge in [0.15, 0.2) is 0 Å². The van der Waals surface area contributed by atoms with Crippen LogP contribution in [0.15, 0.2) is 42.5 Å². The molecule has 2 aromatic carbocycles. The minimum atomic E-state index is -0.370. The maximum absolute atomic E-state index is 10.7. The van der Waals surface area contributed by atoms with E-state index < -0.39 is 0 Å². The van der Waals surface area contributed by atoms with Gasteiger partial charge in [-0.2, -0.15) is 0 Å². The highest BCUT2D eigenvalue weighted by atomic mass is 127. The molecule has 98 valence electrons. The van der Waals surface area contributed by atoms with E-state index in [0.717, 1.165) is 5.69 Å². The maximum atomic E-state index is 10.7. The summed E-state index contributed by atoms with van der Waals surface area (Å²) in [4.78, 5) is 10.4. The van der Waals surface area contributed by atoms with Crippen molar-refractivity contribution in [2.24, 2.45) is 0 Å². The third-order valence-corrected chi connectivity index (χ3v) is 3.63. The van der Waals surface area contributed by atoms with Gasteiger partial charge >= 0.3 is 0 Å². The average Bonchev–Trinajstić information content (AvgIpc) is 2.37. The molecule has 5 heteroatoms. The molecule has 19 heavy (non-hydrogen) atoms. The highest BCUT2D eigenvalue weighted by Gasteiger charge is 2.11. The smallest absolute Gasteiger partial charge is 0.282 e. The summed E-state index contributed by atoms with van der Waals surface area (Å²) in [5.41, 5.74) is 3.43. The molecule has 0 aromatic heterocycles. The molecule has 0 aliphatic heterocycles. The second kappa shape index (κ2) is 6.01. The number of halogens is 1. The lowest BCUT2D eigenvalue weighted by Crippen LogP contribution is -2.00. The number of nitro groups is 1. The summed E-state index contributed by atoms with van der Waals surface area (Å²) < 4.78 is 0.636. The van der Waals surface area contributed by atoms with Crippen LogP contribution in [0.25, 0.3) is 0 Å². The first-order valence-corrected chi connectivity index (χ1v) is 6.87. The molecule has 0 atom stereocenters. The van der Waals surface area contributed by atoms with Crippen molar-refractivity contribution in [1.82, 2.24) is 0 Å². The van der Waals surface area contributed by atoms with Crippen LogP contribution in [0.1, 0.15) is 11.1 Å². The molecule has 0 heterocycles. The van der Waals surface area contributed by atoms with Crippen molar-refractivity contribution >= 4 is 34.0 Å². The van der Waals surface area contributed by atoms with Gasteiger partial charge in [0.25, 0.3) is 5.69 Å². The third-order valence-electron chi connectivity index (χ3n) is 2.76. The van der Waals surface area contributed by atoms with E-state index in [2.05, 4.69) is 36.5 Å². The number of benzene rings is 2. The van der Waals surface area contributed by atoms with E-state index in [1.807, 2.05) is 22.6 Å². The van der Waals surface area contributed by atoms with Gasteiger partial charge < -0.3 is 5.32 Å². The molecular weight excluding hydrogens is 355 g/mol. The Morgan fingerprint density at radius 3 is 2.47 bits per heavy atom. The van der Waals surface area contributed by atoms with Crippen molar-refractivity contribution < 1.29 is 4.92 Å². The van der Waals surface area contributed by atoms with Crippen molar-refractivity contribution in [3.63, 3.8) is 0 Å². The fourth-order valence-corrected chi connectivity index (χ4v) is 2.39. The van der Waals surface area contributed by atoms with Crippen LogP contribution >= 0.6 is 22.6 Å². The molecule has 0 aliphatic rings. The summed E-state index contributed by atoms with van der Waals surface area (Å²) in [6, 6.07) is 13.3. The molecule has 0 fully saturated rings. The van der Waals surface area contributed by atoms with E-state index >= 15 is 0 Å². The number of nitrogens with one attached hydrogen (secondary N) is 1. The normalized spacial score (nSPS) is 10.2. The monoisotopic (exact) mass is 368 g/mol. The van der Waals surface area contributed by atoms with Gasteiger partial charge in [0, 0.05) is 18.3 Å². The Labute approximate surface area is 125 Å². The standard InChI is InChI=1S/C14H13IN2O2/c1-10-2-4-11(5-3-10)9-16-12-6-7-14(17(18)19)13(15)8-12/h2-8,16H,9H2,1H3. The van der Waals surface area contributed by atoms with Gasteiger partial charge in [0.05, 0.1) is 8.49 Å². The minimum absolute atomic E-state index is 0.140. The van der Waals surface area contributed by atoms with Gasteiger partial charge in [0.2, 0.25) is 0 Å². The summed E-state index contributed by atoms with van der Waals surface area (Å²) in [7, 11) is 0. The summed E-state index contributed by atoms with van der Waals surface area (Å²) in [5, 5.41) is 14.0. The quantitative estimate of drug-likeness (QED) is 0.502. The van der Waals surface area contributed by atoms with Crippen molar-refractivity contribution in [3.8, 4) is 0 Å². The van der Waals surface area contributed by atoms with Crippen molar-refractivity contribution in [2.75, 3.05) is 5.32 Å². The molecule has 0 amide bonds. The first-order valence-electron chi connectivity index (χ1n) is 5.79. The van der Waals surface area contributed by atoms with E-state index in [4.69, 9.17) is 0 Å². The number of nitro benzene ring substituents is 1. The van der Waals surface area contributed by atoms with Crippen LogP contribution in [0.2, 0.25) is 0 Å². The Morgan fingerprint density at radius 2 is 1.89 bits per heavy atom. The first kappa shape index (κ1) is 13.8. The van der Waals surface area contributed by atoms with Crippen molar-refractivity contribution in [3.05, 3.63) is 67.3 Å². The zero-order valence-electron chi connectivity index (χ0n) is 10.4. The number of nitrogens with zero attached hydrogens (tertiary/aromatic N) is 1. The zero-order valence-corrected chi connectivity index (χ0v) is 12.5. The Balaban J connectivity index is 2.06. The summed E-state index contributed by atoms with van der Waals surface area (Å²) in [6.45, 7) is 2.75. The van der Waals surface area contributed by atoms with Gasteiger partial charge in [-0.15, -0.1) is 0 Å². The Kier molecular flexibility index (Phi) is 4.36. The molecule has 0 bridgehead atoms. The van der Waals surface area contributed by atoms with Crippen LogP contribution in [-0.4, -0.2) is 4.92 Å². The first-order chi connectivity index (χ1) is 9.06. The largest absolute Gasteiger partial charge is 0.381 e. The van der Waals surface area contributed by atoms with Gasteiger partial charge in [-0.25, -0.2) is 0 Å². The molecule has 0 saturated heterocycles. The lowest BCUT2D eigenvalue weighted by atomic mass is 10.1. The van der Waals surface area contributed by atoms with Gasteiger partial charge in [-0.1, -0.05) is 29.8 Å². The van der Waals surface area contributed by atoms with Crippen molar-refractivity contribution in [1.29, 1.82) is 0 Å². The molecular formula is C14H13IN2O2. The van der Waals surface area contributed by atoms with Gasteiger partial charge in [-0.05, 0) is 47.2 Å². The topological polar surface area (TPSA) is 55.2 Å². The number of hydrogen-bond acceptors (Lipinski definition) is 3. The predicted octanol–water partition coefficient (Wildman–Crippen LogP) is 4.12. The van der Waals surface area contributed by atoms with Crippen molar-refractivity contribution in [2.45, 2.75) is 13.5 Å². The second-order valence-electron chi connectivity index (χ2n) is 4.26. The molecule has 1 N–H and O–H groups in total. The van der Waals surface area contributed by atoms with E-state index in [9.17, 15) is 10.1 Å². The number of rotatable bonds is 4. The van der Waals surface area contributed by atoms with E-state index in [0.29, 0.717) is 10.1 Å². The molecule has 0 aliphatic carbocycles. The second-order valence-corrected chi connectivity index (χ2v) is 5.42. The molecule has 0 spiro atoms. The number of hydrogen-bond donors (Lipinski definition) is 1. The van der Waals surface area contributed by atoms with Crippen LogP contribution in [0.3, 0.4) is 0 Å². The zero-order chi connectivity index (χ0) is 13.8. The Bertz CT molecular complexity index is 597. The van der Waals surface area contributed by atoms with Crippen LogP contribution in [0, 0.1) is 20.6 Å². The van der Waals surface area contributed by atoms with E-state index in [1.165, 1.54) is 17.2 Å². The maximum Gasteiger partial charge on any atom is 0.282 e. The third kappa shape index (κ3) is 3.66. The molecule has 0 radical (unpaired) electrons. The highest BCUT2D eigenvalue weighted by Crippen LogP contribution is 2.24. The lowest BCUT2D eigenvalue weighted by molar-refractivity contribution is -0.385. The predicted molar refractivity (Wildman–Crippen MR) is 84.3 cm³/mol. The molecule has 2 rings (SSSR count). The van der Waals surface area contributed by atoms with E-state index in [-0.39, 0.29) is 10.6 Å². The summed E-state index contributed by atoms with van der Waals surface area (Å²) in [5.74, 6) is 0. The number of anilines is 1. The fourth-order valence-electron chi connectivity index (χ4n) is 1.67. The van der Waals surface area contributed by atoms with E-state index in [1.54, 1.807) is 12.1 Å². The minimum Gasteiger partial charge on any atom is -0.381 e. The van der Waals surface area contributed by atoms with Crippen LogP contribution in [-0.2, 0) is 6.54 Å². The molecule has 2 aromatic rings. The highest BCUT2D eigenvalue weighted by molar-refractivity contribution is 14.1. The van der Waals surface area contributed by atoms with Crippen LogP contribution < -0.4 is 5.32 Å². The summed E-state index contributed by atoms with van der Waals surface area (Å²) in [6.07, 6.45) is 0. The Hall–Kier alpha value is -1.63. The summed E-state index contributed by atoms with van der Waals surface area (Å²) >= 11 is 1.98. The molecule has 0 saturated carbocycles. The van der Waals surface area contributed by atoms with Crippen LogP contribution in [0.5, 0.6) is 0 Å². The number of aryl methyl sites for hydroxylation is 1. The van der Waals surface area contributed by atoms with Crippen LogP contribution in [0.4, 0.5) is 11.4 Å². The fraction of sp³-hybridized carbons (Fsp3) is 0.143. The molecule has 4 nitrogen and oxygen atoms in total. The van der Waals surface area contributed by atoms with Gasteiger partial charge in [0.1, 0.15) is 0 Å². The Morgan fingerprint density at radius 1 is 1.21 bits per heavy atom.